The van der Waals surface area contributed by atoms with Gasteiger partial charge in [0.1, 0.15) is 6.10 Å². The first-order valence-electron chi connectivity index (χ1n) is 8.27. The number of hydrogen-bond donors (Lipinski definition) is 1. The lowest BCUT2D eigenvalue weighted by Crippen LogP contribution is -2.48. The number of nitrogens with two attached hydrogens (primary N) is 1. The summed E-state index contributed by atoms with van der Waals surface area (Å²) in [6.07, 6.45) is 7.50. The summed E-state index contributed by atoms with van der Waals surface area (Å²) in [5.41, 5.74) is 5.63. The molecule has 21 heavy (non-hydrogen) atoms. The minimum Gasteiger partial charge on any atom is -0.364 e. The highest BCUT2D eigenvalue weighted by Gasteiger charge is 2.36. The van der Waals surface area contributed by atoms with Gasteiger partial charge in [0.15, 0.2) is 0 Å². The first-order chi connectivity index (χ1) is 9.61. The molecule has 5 heteroatoms. The van der Waals surface area contributed by atoms with Gasteiger partial charge in [-0.3, -0.25) is 4.79 Å². The molecular weight excluding hydrogens is 288 g/mol. The van der Waals surface area contributed by atoms with Gasteiger partial charge in [-0.25, -0.2) is 0 Å². The summed E-state index contributed by atoms with van der Waals surface area (Å²) in [6, 6.07) is 0.430. The first-order valence-corrected chi connectivity index (χ1v) is 8.27. The van der Waals surface area contributed by atoms with Crippen molar-refractivity contribution in [2.24, 2.45) is 11.7 Å². The number of hydrogen-bond acceptors (Lipinski definition) is 3. The van der Waals surface area contributed by atoms with Gasteiger partial charge in [-0.1, -0.05) is 13.8 Å². The molecular formula is C16H31ClN2O2. The smallest absolute Gasteiger partial charge is 0.251 e. The van der Waals surface area contributed by atoms with E-state index in [1.807, 2.05) is 0 Å². The van der Waals surface area contributed by atoms with Crippen LogP contribution in [0.15, 0.2) is 0 Å². The molecule has 0 radical (unpaired) electrons. The summed E-state index contributed by atoms with van der Waals surface area (Å²) in [6.45, 7) is 5.94. The van der Waals surface area contributed by atoms with Crippen molar-refractivity contribution in [3.63, 3.8) is 0 Å². The number of carbonyl (C=O) groups excluding carboxylic acids is 1. The lowest BCUT2D eigenvalue weighted by molar-refractivity contribution is -0.146. The van der Waals surface area contributed by atoms with Crippen molar-refractivity contribution in [3.8, 4) is 0 Å². The van der Waals surface area contributed by atoms with Crippen molar-refractivity contribution in [2.75, 3.05) is 13.1 Å². The van der Waals surface area contributed by atoms with E-state index in [1.165, 1.54) is 12.8 Å². The zero-order valence-corrected chi connectivity index (χ0v) is 14.2. The van der Waals surface area contributed by atoms with E-state index in [-0.39, 0.29) is 30.5 Å². The van der Waals surface area contributed by atoms with Crippen molar-refractivity contribution < 1.29 is 9.53 Å². The maximum atomic E-state index is 12.7. The fraction of sp³-hybridized carbons (Fsp3) is 0.938. The Kier molecular flexibility index (Phi) is 7.99. The topological polar surface area (TPSA) is 55.6 Å². The standard InChI is InChI=1S/C16H30N2O2.ClH/c1-12(2)6-7-13-5-3-4-10-18(13)16(19)15-9-8-14(11-17)20-15;/h12-15H,3-11,17H2,1-2H3;1H/t13?,14-,15+;/m1./s1. The third kappa shape index (κ3) is 5.11. The number of ether oxygens (including phenoxy) is 1. The fourth-order valence-electron chi connectivity index (χ4n) is 3.36. The number of piperidine rings is 1. The highest BCUT2D eigenvalue weighted by Crippen LogP contribution is 2.27. The van der Waals surface area contributed by atoms with Crippen LogP contribution in [0.25, 0.3) is 0 Å². The molecule has 3 atom stereocenters. The van der Waals surface area contributed by atoms with Crippen LogP contribution in [0.4, 0.5) is 0 Å². The maximum absolute atomic E-state index is 12.7. The van der Waals surface area contributed by atoms with Crippen molar-refractivity contribution in [2.45, 2.75) is 77.0 Å². The summed E-state index contributed by atoms with van der Waals surface area (Å²) in [5.74, 6) is 0.924. The number of carbonyl (C=O) groups is 1. The molecule has 0 aromatic carbocycles. The molecule has 0 aromatic rings. The maximum Gasteiger partial charge on any atom is 0.251 e. The van der Waals surface area contributed by atoms with Crippen LogP contribution in [0.5, 0.6) is 0 Å². The number of likely N-dealkylation sites (tertiary alicyclic amines) is 1. The quantitative estimate of drug-likeness (QED) is 0.848. The molecule has 2 N–H and O–H groups in total. The summed E-state index contributed by atoms with van der Waals surface area (Å²) in [7, 11) is 0. The van der Waals surface area contributed by atoms with Crippen LogP contribution in [0.3, 0.4) is 0 Å². The SMILES string of the molecule is CC(C)CCC1CCCCN1C(=O)[C@@H]1CC[C@H](CN)O1.Cl. The van der Waals surface area contributed by atoms with Gasteiger partial charge in [0.2, 0.25) is 0 Å². The van der Waals surface area contributed by atoms with Crippen LogP contribution in [-0.2, 0) is 9.53 Å². The highest BCUT2D eigenvalue weighted by molar-refractivity contribution is 5.85. The van der Waals surface area contributed by atoms with E-state index in [0.717, 1.165) is 38.6 Å². The van der Waals surface area contributed by atoms with E-state index < -0.39 is 0 Å². The Balaban J connectivity index is 0.00000220. The fourth-order valence-corrected chi connectivity index (χ4v) is 3.36. The molecule has 0 aromatic heterocycles. The third-order valence-electron chi connectivity index (χ3n) is 4.63. The molecule has 0 spiro atoms. The minimum absolute atomic E-state index is 0. The molecule has 2 heterocycles. The summed E-state index contributed by atoms with van der Waals surface area (Å²) in [5, 5.41) is 0. The summed E-state index contributed by atoms with van der Waals surface area (Å²) >= 11 is 0. The number of nitrogens with zero attached hydrogens (tertiary/aromatic N) is 1. The Bertz CT molecular complexity index is 325. The average molecular weight is 319 g/mol. The summed E-state index contributed by atoms with van der Waals surface area (Å²) < 4.78 is 5.78. The van der Waals surface area contributed by atoms with E-state index in [2.05, 4.69) is 18.7 Å². The van der Waals surface area contributed by atoms with Gasteiger partial charge in [-0.15, -0.1) is 12.4 Å². The number of halogens is 1. The largest absolute Gasteiger partial charge is 0.364 e. The molecule has 4 nitrogen and oxygen atoms in total. The third-order valence-corrected chi connectivity index (χ3v) is 4.63. The van der Waals surface area contributed by atoms with Crippen LogP contribution in [-0.4, -0.2) is 42.1 Å². The Morgan fingerprint density at radius 1 is 1.29 bits per heavy atom. The normalized spacial score (nSPS) is 29.5. The predicted octanol–water partition coefficient (Wildman–Crippen LogP) is 2.73. The van der Waals surface area contributed by atoms with E-state index in [9.17, 15) is 4.79 Å². The molecule has 1 amide bonds. The van der Waals surface area contributed by atoms with Crippen molar-refractivity contribution in [3.05, 3.63) is 0 Å². The van der Waals surface area contributed by atoms with Crippen molar-refractivity contribution in [1.82, 2.24) is 4.90 Å². The molecule has 124 valence electrons. The van der Waals surface area contributed by atoms with E-state index in [1.54, 1.807) is 0 Å². The van der Waals surface area contributed by atoms with Crippen LogP contribution in [0, 0.1) is 5.92 Å². The monoisotopic (exact) mass is 318 g/mol. The second-order valence-electron chi connectivity index (χ2n) is 6.71. The summed E-state index contributed by atoms with van der Waals surface area (Å²) in [4.78, 5) is 14.8. The molecule has 2 aliphatic heterocycles. The molecule has 1 unspecified atom stereocenters. The number of rotatable bonds is 5. The predicted molar refractivity (Wildman–Crippen MR) is 87.6 cm³/mol. The lowest BCUT2D eigenvalue weighted by atomic mass is 9.94. The van der Waals surface area contributed by atoms with Crippen LogP contribution in [0.2, 0.25) is 0 Å². The number of amides is 1. The van der Waals surface area contributed by atoms with Crippen molar-refractivity contribution in [1.29, 1.82) is 0 Å². The second-order valence-corrected chi connectivity index (χ2v) is 6.71. The highest BCUT2D eigenvalue weighted by atomic mass is 35.5. The Morgan fingerprint density at radius 2 is 2.05 bits per heavy atom. The molecule has 0 aliphatic carbocycles. The van der Waals surface area contributed by atoms with Crippen LogP contribution >= 0.6 is 12.4 Å². The molecule has 2 rings (SSSR count). The van der Waals surface area contributed by atoms with Gasteiger partial charge < -0.3 is 15.4 Å². The average Bonchev–Trinajstić information content (AvgIpc) is 2.93. The van der Waals surface area contributed by atoms with E-state index in [4.69, 9.17) is 10.5 Å². The van der Waals surface area contributed by atoms with Gasteiger partial charge in [0.05, 0.1) is 6.10 Å². The zero-order chi connectivity index (χ0) is 14.5. The first kappa shape index (κ1) is 18.7. The Morgan fingerprint density at radius 3 is 2.67 bits per heavy atom. The molecule has 0 saturated carbocycles. The van der Waals surface area contributed by atoms with Gasteiger partial charge in [-0.05, 0) is 50.9 Å². The molecule has 2 saturated heterocycles. The van der Waals surface area contributed by atoms with E-state index >= 15 is 0 Å². The van der Waals surface area contributed by atoms with Crippen LogP contribution in [0.1, 0.15) is 58.8 Å². The van der Waals surface area contributed by atoms with Crippen molar-refractivity contribution >= 4 is 18.3 Å². The van der Waals surface area contributed by atoms with Gasteiger partial charge >= 0.3 is 0 Å². The Hall–Kier alpha value is -0.320. The van der Waals surface area contributed by atoms with Gasteiger partial charge in [-0.2, -0.15) is 0 Å². The molecule has 2 aliphatic rings. The molecule has 0 bridgehead atoms. The zero-order valence-electron chi connectivity index (χ0n) is 13.4. The van der Waals surface area contributed by atoms with Gasteiger partial charge in [0.25, 0.3) is 5.91 Å². The van der Waals surface area contributed by atoms with E-state index in [0.29, 0.717) is 18.5 Å². The second kappa shape index (κ2) is 8.96. The minimum atomic E-state index is -0.233. The van der Waals surface area contributed by atoms with Gasteiger partial charge in [0, 0.05) is 19.1 Å². The van der Waals surface area contributed by atoms with Crippen LogP contribution < -0.4 is 5.73 Å². The lowest BCUT2D eigenvalue weighted by Gasteiger charge is -2.37. The molecule has 2 fully saturated rings. The Labute approximate surface area is 135 Å².